The molecule has 0 atom stereocenters. The molecule has 24 heavy (non-hydrogen) atoms. The topological polar surface area (TPSA) is 120 Å². The van der Waals surface area contributed by atoms with Crippen LogP contribution in [-0.4, -0.2) is 11.7 Å². The largest absolute Gasteiger partial charge is 0.293 e. The van der Waals surface area contributed by atoms with Gasteiger partial charge in [-0.15, -0.1) is 0 Å². The van der Waals surface area contributed by atoms with Crippen LogP contribution < -0.4 is 21.5 Å². The minimum atomic E-state index is 0.574. The molecule has 0 aromatic heterocycles. The average Bonchev–Trinajstić information content (AvgIpc) is 2.64. The van der Waals surface area contributed by atoms with Crippen LogP contribution in [0.25, 0.3) is 0 Å². The lowest BCUT2D eigenvalue weighted by atomic mass is 10.2. The molecule has 1 heterocycles. The summed E-state index contributed by atoms with van der Waals surface area (Å²) in [4.78, 5) is 0. The number of anilines is 2. The van der Waals surface area contributed by atoms with Gasteiger partial charge < -0.3 is 0 Å². The van der Waals surface area contributed by atoms with E-state index in [4.69, 9.17) is 10.5 Å². The molecule has 0 saturated heterocycles. The highest BCUT2D eigenvalue weighted by Crippen LogP contribution is 2.12. The van der Waals surface area contributed by atoms with Gasteiger partial charge >= 0.3 is 0 Å². The Hall–Kier alpha value is -4.04. The maximum absolute atomic E-state index is 8.58. The van der Waals surface area contributed by atoms with Crippen molar-refractivity contribution in [2.24, 2.45) is 10.2 Å². The molecule has 4 N–H and O–H groups in total. The number of nitriles is 2. The third kappa shape index (κ3) is 3.24. The molecule has 8 heteroatoms. The smallest absolute Gasteiger partial charge is 0.181 e. The molecule has 1 aliphatic rings. The van der Waals surface area contributed by atoms with Gasteiger partial charge in [-0.25, -0.2) is 0 Å². The third-order valence-corrected chi connectivity index (χ3v) is 3.26. The van der Waals surface area contributed by atoms with Crippen LogP contribution >= 0.6 is 0 Å². The number of hydrogen-bond acceptors (Lipinski definition) is 8. The summed E-state index contributed by atoms with van der Waals surface area (Å²) in [6, 6.07) is 14.4. The van der Waals surface area contributed by atoms with Gasteiger partial charge in [0.15, 0.2) is 24.1 Å². The highest BCUT2D eigenvalue weighted by Gasteiger charge is 2.11. The van der Waals surface area contributed by atoms with E-state index in [2.05, 4.69) is 31.7 Å². The molecule has 0 bridgehead atoms. The van der Waals surface area contributed by atoms with Crippen molar-refractivity contribution in [3.63, 3.8) is 0 Å². The minimum Gasteiger partial charge on any atom is -0.293 e. The monoisotopic (exact) mass is 316 g/mol. The summed E-state index contributed by atoms with van der Waals surface area (Å²) in [6.07, 6.45) is 3.73. The van der Waals surface area contributed by atoms with Crippen molar-refractivity contribution in [3.05, 3.63) is 59.7 Å². The van der Waals surface area contributed by atoms with Crippen LogP contribution in [0.4, 0.5) is 11.4 Å². The van der Waals surface area contributed by atoms with Gasteiger partial charge in [-0.3, -0.25) is 21.5 Å². The molecule has 2 aromatic carbocycles. The number of hydrazone groups is 2. The molecular weight excluding hydrogens is 304 g/mol. The maximum Gasteiger partial charge on any atom is 0.181 e. The molecule has 8 nitrogen and oxygen atoms in total. The van der Waals surface area contributed by atoms with Crippen molar-refractivity contribution in [1.82, 2.24) is 10.9 Å². The van der Waals surface area contributed by atoms with Gasteiger partial charge in [0.2, 0.25) is 0 Å². The summed E-state index contributed by atoms with van der Waals surface area (Å²) in [7, 11) is 0. The fourth-order valence-corrected chi connectivity index (χ4v) is 2.08. The molecule has 116 valence electrons. The molecule has 0 spiro atoms. The number of nitrogens with zero attached hydrogens (tertiary/aromatic N) is 4. The molecule has 0 radical (unpaired) electrons. The third-order valence-electron chi connectivity index (χ3n) is 3.26. The molecule has 3 rings (SSSR count). The average molecular weight is 316 g/mol. The van der Waals surface area contributed by atoms with Crippen molar-refractivity contribution in [2.45, 2.75) is 0 Å². The summed E-state index contributed by atoms with van der Waals surface area (Å²) >= 11 is 0. The van der Waals surface area contributed by atoms with Crippen LogP contribution in [0.3, 0.4) is 0 Å². The van der Waals surface area contributed by atoms with E-state index in [9.17, 15) is 0 Å². The van der Waals surface area contributed by atoms with Crippen LogP contribution in [0.15, 0.2) is 58.7 Å². The predicted molar refractivity (Wildman–Crippen MR) is 90.7 cm³/mol. The molecule has 0 fully saturated rings. The van der Waals surface area contributed by atoms with E-state index in [-0.39, 0.29) is 0 Å². The molecule has 0 aliphatic carbocycles. The fraction of sp³-hybridized carbons (Fsp3) is 0. The molecular formula is C16H12N8. The van der Waals surface area contributed by atoms with Gasteiger partial charge in [-0.05, 0) is 48.5 Å². The Morgan fingerprint density at radius 3 is 1.33 bits per heavy atom. The lowest BCUT2D eigenvalue weighted by molar-refractivity contribution is 0.883. The number of amidine groups is 2. The van der Waals surface area contributed by atoms with E-state index in [1.54, 1.807) is 24.3 Å². The summed E-state index contributed by atoms with van der Waals surface area (Å²) < 4.78 is 0. The highest BCUT2D eigenvalue weighted by atomic mass is 15.5. The van der Waals surface area contributed by atoms with Crippen molar-refractivity contribution < 1.29 is 0 Å². The van der Waals surface area contributed by atoms with Crippen LogP contribution in [0.2, 0.25) is 0 Å². The van der Waals surface area contributed by atoms with Crippen LogP contribution in [-0.2, 0) is 0 Å². The lowest BCUT2D eigenvalue weighted by Gasteiger charge is -2.15. The first kappa shape index (κ1) is 14.9. The summed E-state index contributed by atoms with van der Waals surface area (Å²) in [6.45, 7) is 0. The van der Waals surface area contributed by atoms with Gasteiger partial charge in [0.25, 0.3) is 0 Å². The summed E-state index contributed by atoms with van der Waals surface area (Å²) in [5.74, 6) is 1.15. The van der Waals surface area contributed by atoms with E-state index < -0.39 is 0 Å². The first-order chi connectivity index (χ1) is 11.8. The summed E-state index contributed by atoms with van der Waals surface area (Å²) in [5.41, 5.74) is 8.88. The van der Waals surface area contributed by atoms with Gasteiger partial charge in [0, 0.05) is 22.5 Å². The molecule has 0 unspecified atom stereocenters. The second-order valence-electron chi connectivity index (χ2n) is 4.77. The minimum absolute atomic E-state index is 0.574. The van der Waals surface area contributed by atoms with E-state index >= 15 is 0 Å². The SMILES string of the molecule is N#CNc1ccc(C2=NNC(c3ccc(NC#N)cc3)=NN2)cc1. The second-order valence-corrected chi connectivity index (χ2v) is 4.77. The quantitative estimate of drug-likeness (QED) is 0.503. The van der Waals surface area contributed by atoms with Gasteiger partial charge in [0.05, 0.1) is 0 Å². The number of hydrogen-bond donors (Lipinski definition) is 4. The Kier molecular flexibility index (Phi) is 4.22. The van der Waals surface area contributed by atoms with Gasteiger partial charge in [-0.1, -0.05) is 0 Å². The zero-order valence-electron chi connectivity index (χ0n) is 12.4. The maximum atomic E-state index is 8.58. The number of rotatable bonds is 4. The standard InChI is InChI=1S/C16H12N8/c17-9-19-13-5-1-11(2-6-13)15-21-23-16(24-22-15)12-3-7-14(8-4-12)20-10-18/h1-8,19-20H,(H,21,22)(H,23,24). The molecule has 2 aromatic rings. The number of nitrogens with one attached hydrogen (secondary N) is 4. The van der Waals surface area contributed by atoms with E-state index in [0.717, 1.165) is 11.1 Å². The van der Waals surface area contributed by atoms with Crippen molar-refractivity contribution in [2.75, 3.05) is 10.6 Å². The first-order valence-electron chi connectivity index (χ1n) is 6.98. The Labute approximate surface area is 138 Å². The Morgan fingerprint density at radius 2 is 1.04 bits per heavy atom. The van der Waals surface area contributed by atoms with Crippen molar-refractivity contribution in [1.29, 1.82) is 10.5 Å². The summed E-state index contributed by atoms with van der Waals surface area (Å²) in [5, 5.41) is 30.8. The Bertz CT molecular complexity index is 791. The zero-order valence-corrected chi connectivity index (χ0v) is 12.4. The van der Waals surface area contributed by atoms with Gasteiger partial charge in [0.1, 0.15) is 0 Å². The number of benzene rings is 2. The highest BCUT2D eigenvalue weighted by molar-refractivity contribution is 6.06. The predicted octanol–water partition coefficient (Wildman–Crippen LogP) is 1.69. The second kappa shape index (κ2) is 6.81. The van der Waals surface area contributed by atoms with E-state index in [1.807, 2.05) is 36.7 Å². The molecule has 0 amide bonds. The van der Waals surface area contributed by atoms with E-state index in [0.29, 0.717) is 23.0 Å². The van der Waals surface area contributed by atoms with E-state index in [1.165, 1.54) is 0 Å². The van der Waals surface area contributed by atoms with Gasteiger partial charge in [-0.2, -0.15) is 20.7 Å². The van der Waals surface area contributed by atoms with Crippen LogP contribution in [0.1, 0.15) is 11.1 Å². The molecule has 0 saturated carbocycles. The van der Waals surface area contributed by atoms with Crippen molar-refractivity contribution in [3.8, 4) is 12.4 Å². The van der Waals surface area contributed by atoms with Crippen molar-refractivity contribution >= 4 is 23.0 Å². The first-order valence-corrected chi connectivity index (χ1v) is 6.98. The zero-order chi connectivity index (χ0) is 16.8. The Balaban J connectivity index is 1.69. The fourth-order valence-electron chi connectivity index (χ4n) is 2.08. The Morgan fingerprint density at radius 1 is 0.667 bits per heavy atom. The molecule has 1 aliphatic heterocycles. The van der Waals surface area contributed by atoms with Crippen LogP contribution in [0, 0.1) is 22.9 Å². The van der Waals surface area contributed by atoms with Crippen LogP contribution in [0.5, 0.6) is 0 Å². The lowest BCUT2D eigenvalue weighted by Crippen LogP contribution is -2.34. The normalized spacial score (nSPS) is 12.4.